The number of rotatable bonds is 3. The van der Waals surface area contributed by atoms with Crippen LogP contribution in [0.5, 0.6) is 0 Å². The molecule has 0 radical (unpaired) electrons. The third kappa shape index (κ3) is 3.34. The van der Waals surface area contributed by atoms with Gasteiger partial charge in [-0.1, -0.05) is 0 Å². The van der Waals surface area contributed by atoms with Crippen LogP contribution in [0.25, 0.3) is 0 Å². The van der Waals surface area contributed by atoms with Crippen molar-refractivity contribution in [3.05, 3.63) is 18.0 Å². The zero-order valence-electron chi connectivity index (χ0n) is 7.06. The molecule has 3 N–H and O–H groups in total. The smallest absolute Gasteiger partial charge is 0.236 e. The molecular weight excluding hydrogens is 192 g/mol. The van der Waals surface area contributed by atoms with E-state index in [-0.39, 0.29) is 5.95 Å². The molecular formula is C6H10N4O2S. The highest BCUT2D eigenvalue weighted by Crippen LogP contribution is 2.00. The second kappa shape index (κ2) is 3.67. The Morgan fingerprint density at radius 1 is 1.46 bits per heavy atom. The minimum Gasteiger partial charge on any atom is -0.326 e. The van der Waals surface area contributed by atoms with Crippen molar-refractivity contribution in [2.45, 2.75) is 6.54 Å². The van der Waals surface area contributed by atoms with E-state index in [1.807, 2.05) is 0 Å². The zero-order valence-corrected chi connectivity index (χ0v) is 7.87. The van der Waals surface area contributed by atoms with Gasteiger partial charge in [0.05, 0.1) is 6.26 Å². The number of aromatic nitrogens is 2. The van der Waals surface area contributed by atoms with Crippen molar-refractivity contribution in [1.29, 1.82) is 0 Å². The van der Waals surface area contributed by atoms with Crippen molar-refractivity contribution in [2.24, 2.45) is 5.73 Å². The highest BCUT2D eigenvalue weighted by atomic mass is 32.2. The van der Waals surface area contributed by atoms with Crippen LogP contribution in [0.2, 0.25) is 0 Å². The molecule has 72 valence electrons. The maximum Gasteiger partial charge on any atom is 0.236 e. The van der Waals surface area contributed by atoms with Crippen LogP contribution in [0, 0.1) is 0 Å². The van der Waals surface area contributed by atoms with E-state index < -0.39 is 10.0 Å². The number of nitrogens with one attached hydrogen (secondary N) is 1. The predicted octanol–water partition coefficient (Wildman–Crippen LogP) is -0.693. The van der Waals surface area contributed by atoms with Gasteiger partial charge >= 0.3 is 0 Å². The number of nitrogens with zero attached hydrogens (tertiary/aromatic N) is 2. The van der Waals surface area contributed by atoms with E-state index in [2.05, 4.69) is 14.7 Å². The molecule has 0 bridgehead atoms. The first-order chi connectivity index (χ1) is 6.01. The molecule has 1 aromatic rings. The van der Waals surface area contributed by atoms with Crippen molar-refractivity contribution >= 4 is 16.0 Å². The Hall–Kier alpha value is -1.21. The van der Waals surface area contributed by atoms with Crippen molar-refractivity contribution in [3.8, 4) is 0 Å². The third-order valence-electron chi connectivity index (χ3n) is 1.22. The molecule has 0 aliphatic carbocycles. The third-order valence-corrected chi connectivity index (χ3v) is 1.77. The maximum atomic E-state index is 10.7. The lowest BCUT2D eigenvalue weighted by atomic mass is 10.3. The lowest BCUT2D eigenvalue weighted by Gasteiger charge is -2.01. The van der Waals surface area contributed by atoms with Crippen molar-refractivity contribution < 1.29 is 8.42 Å². The van der Waals surface area contributed by atoms with E-state index in [0.29, 0.717) is 6.54 Å². The number of sulfonamides is 1. The van der Waals surface area contributed by atoms with Crippen LogP contribution in [0.4, 0.5) is 5.95 Å². The highest BCUT2D eigenvalue weighted by molar-refractivity contribution is 7.91. The summed E-state index contributed by atoms with van der Waals surface area (Å²) in [6, 6.07) is 0. The second-order valence-electron chi connectivity index (χ2n) is 2.49. The summed E-state index contributed by atoms with van der Waals surface area (Å²) in [5.74, 6) is 0.0553. The summed E-state index contributed by atoms with van der Waals surface area (Å²) in [6.07, 6.45) is 3.98. The fourth-order valence-corrected chi connectivity index (χ4v) is 1.12. The fraction of sp³-hybridized carbons (Fsp3) is 0.333. The minimum atomic E-state index is -3.30. The van der Waals surface area contributed by atoms with Gasteiger partial charge in [0, 0.05) is 24.5 Å². The number of hydrogen-bond acceptors (Lipinski definition) is 5. The van der Waals surface area contributed by atoms with Gasteiger partial charge in [0.1, 0.15) is 0 Å². The van der Waals surface area contributed by atoms with Crippen LogP contribution in [0.1, 0.15) is 5.56 Å². The van der Waals surface area contributed by atoms with Crippen LogP contribution in [-0.4, -0.2) is 24.6 Å². The van der Waals surface area contributed by atoms with Crippen LogP contribution in [0.3, 0.4) is 0 Å². The van der Waals surface area contributed by atoms with Gasteiger partial charge in [0.25, 0.3) is 0 Å². The summed E-state index contributed by atoms with van der Waals surface area (Å²) in [5.41, 5.74) is 6.06. The summed E-state index contributed by atoms with van der Waals surface area (Å²) in [5, 5.41) is 0. The second-order valence-corrected chi connectivity index (χ2v) is 4.24. The minimum absolute atomic E-state index is 0.0553. The SMILES string of the molecule is CS(=O)(=O)Nc1ncc(CN)cn1. The summed E-state index contributed by atoms with van der Waals surface area (Å²) < 4.78 is 23.6. The fourth-order valence-electron chi connectivity index (χ4n) is 0.679. The van der Waals surface area contributed by atoms with E-state index in [0.717, 1.165) is 11.8 Å². The van der Waals surface area contributed by atoms with Gasteiger partial charge in [-0.2, -0.15) is 0 Å². The lowest BCUT2D eigenvalue weighted by molar-refractivity contribution is 0.606. The molecule has 0 saturated carbocycles. The van der Waals surface area contributed by atoms with E-state index in [9.17, 15) is 8.42 Å². The molecule has 0 aliphatic rings. The molecule has 0 saturated heterocycles. The Balaban J connectivity index is 2.81. The van der Waals surface area contributed by atoms with Gasteiger partial charge in [-0.25, -0.2) is 18.4 Å². The molecule has 1 aromatic heterocycles. The Morgan fingerprint density at radius 2 is 2.00 bits per heavy atom. The molecule has 0 atom stereocenters. The van der Waals surface area contributed by atoms with Gasteiger partial charge in [0.15, 0.2) is 0 Å². The highest BCUT2D eigenvalue weighted by Gasteiger charge is 2.03. The topological polar surface area (TPSA) is 98.0 Å². The maximum absolute atomic E-state index is 10.7. The first kappa shape index (κ1) is 9.87. The monoisotopic (exact) mass is 202 g/mol. The first-order valence-corrected chi connectivity index (χ1v) is 5.39. The average molecular weight is 202 g/mol. The van der Waals surface area contributed by atoms with Gasteiger partial charge < -0.3 is 5.73 Å². The van der Waals surface area contributed by atoms with E-state index in [1.54, 1.807) is 0 Å². The summed E-state index contributed by atoms with van der Waals surface area (Å²) >= 11 is 0. The molecule has 7 heteroatoms. The Bertz CT molecular complexity index is 372. The molecule has 0 unspecified atom stereocenters. The zero-order chi connectivity index (χ0) is 9.90. The molecule has 0 spiro atoms. The van der Waals surface area contributed by atoms with Gasteiger partial charge in [-0.05, 0) is 0 Å². The standard InChI is InChI=1S/C6H10N4O2S/c1-13(11,12)10-6-8-3-5(2-7)4-9-6/h3-4H,2,7H2,1H3,(H,8,9,10). The Kier molecular flexibility index (Phi) is 2.79. The molecule has 0 fully saturated rings. The molecule has 0 amide bonds. The Morgan fingerprint density at radius 3 is 2.38 bits per heavy atom. The first-order valence-electron chi connectivity index (χ1n) is 3.50. The van der Waals surface area contributed by atoms with E-state index in [1.165, 1.54) is 12.4 Å². The van der Waals surface area contributed by atoms with Gasteiger partial charge in [-0.3, -0.25) is 4.72 Å². The predicted molar refractivity (Wildman–Crippen MR) is 48.4 cm³/mol. The lowest BCUT2D eigenvalue weighted by Crippen LogP contribution is -2.12. The van der Waals surface area contributed by atoms with E-state index in [4.69, 9.17) is 5.73 Å². The quantitative estimate of drug-likeness (QED) is 0.675. The van der Waals surface area contributed by atoms with Crippen molar-refractivity contribution in [2.75, 3.05) is 11.0 Å². The van der Waals surface area contributed by atoms with Crippen molar-refractivity contribution in [1.82, 2.24) is 9.97 Å². The molecule has 13 heavy (non-hydrogen) atoms. The van der Waals surface area contributed by atoms with Crippen LogP contribution in [-0.2, 0) is 16.6 Å². The van der Waals surface area contributed by atoms with Crippen LogP contribution >= 0.6 is 0 Å². The molecule has 1 rings (SSSR count). The van der Waals surface area contributed by atoms with E-state index >= 15 is 0 Å². The summed E-state index contributed by atoms with van der Waals surface area (Å²) in [4.78, 5) is 7.51. The largest absolute Gasteiger partial charge is 0.326 e. The number of anilines is 1. The molecule has 0 aromatic carbocycles. The van der Waals surface area contributed by atoms with Crippen LogP contribution < -0.4 is 10.5 Å². The average Bonchev–Trinajstić information content (AvgIpc) is 2.03. The normalized spacial score (nSPS) is 11.2. The molecule has 0 aliphatic heterocycles. The van der Waals surface area contributed by atoms with Crippen LogP contribution in [0.15, 0.2) is 12.4 Å². The van der Waals surface area contributed by atoms with Crippen molar-refractivity contribution in [3.63, 3.8) is 0 Å². The molecule has 1 heterocycles. The summed E-state index contributed by atoms with van der Waals surface area (Å²) in [6.45, 7) is 0.332. The molecule has 6 nitrogen and oxygen atoms in total. The van der Waals surface area contributed by atoms with Gasteiger partial charge in [-0.15, -0.1) is 0 Å². The van der Waals surface area contributed by atoms with Gasteiger partial charge in [0.2, 0.25) is 16.0 Å². The number of nitrogens with two attached hydrogens (primary N) is 1. The summed E-state index contributed by atoms with van der Waals surface area (Å²) in [7, 11) is -3.30. The Labute approximate surface area is 76.3 Å². The number of hydrogen-bond donors (Lipinski definition) is 2.